The van der Waals surface area contributed by atoms with Crippen LogP contribution in [-0.4, -0.2) is 41.0 Å². The lowest BCUT2D eigenvalue weighted by Gasteiger charge is -2.44. The summed E-state index contributed by atoms with van der Waals surface area (Å²) in [5, 5.41) is 11.7. The predicted octanol–water partition coefficient (Wildman–Crippen LogP) is 2.51. The first-order valence-corrected chi connectivity index (χ1v) is 9.66. The van der Waals surface area contributed by atoms with Crippen LogP contribution in [0.2, 0.25) is 0 Å². The summed E-state index contributed by atoms with van der Waals surface area (Å²) in [5.74, 6) is 0.0852. The van der Waals surface area contributed by atoms with Gasteiger partial charge in [0.2, 0.25) is 0 Å². The highest BCUT2D eigenvalue weighted by Crippen LogP contribution is 2.58. The average Bonchev–Trinajstić information content (AvgIpc) is 2.54. The van der Waals surface area contributed by atoms with E-state index in [2.05, 4.69) is 9.97 Å². The molecule has 1 aromatic rings. The molecule has 1 saturated heterocycles. The van der Waals surface area contributed by atoms with E-state index in [0.717, 1.165) is 0 Å². The quantitative estimate of drug-likeness (QED) is 0.324. The first-order valence-electron chi connectivity index (χ1n) is 7.01. The molecule has 2 N–H and O–H groups in total. The molecular formula is C13H18Cl2FN2O4P. The smallest absolute Gasteiger partial charge is 0.253 e. The van der Waals surface area contributed by atoms with Crippen LogP contribution in [-0.2, 0) is 9.41 Å². The van der Waals surface area contributed by atoms with E-state index < -0.39 is 20.3 Å². The number of nitrogens with one attached hydrogen (secondary N) is 1. The van der Waals surface area contributed by atoms with E-state index in [1.165, 1.54) is 28.9 Å². The van der Waals surface area contributed by atoms with Crippen molar-refractivity contribution in [3.8, 4) is 0 Å². The van der Waals surface area contributed by atoms with Crippen molar-refractivity contribution < 1.29 is 24.0 Å². The highest BCUT2D eigenvalue weighted by molar-refractivity contribution is 7.59. The third-order valence-electron chi connectivity index (χ3n) is 3.43. The molecule has 0 amide bonds. The Labute approximate surface area is 144 Å². The fourth-order valence-corrected chi connectivity index (χ4v) is 5.13. The topological polar surface area (TPSA) is 77.0 Å². The molecule has 0 radical (unpaired) electrons. The van der Waals surface area contributed by atoms with E-state index in [-0.39, 0.29) is 37.1 Å². The maximum absolute atomic E-state index is 13.1. The summed E-state index contributed by atoms with van der Waals surface area (Å²) in [6.07, 6.45) is -1.31. The first-order chi connectivity index (χ1) is 11.0. The van der Waals surface area contributed by atoms with Gasteiger partial charge in [-0.3, -0.25) is 5.26 Å². The van der Waals surface area contributed by atoms with Crippen molar-refractivity contribution in [1.29, 1.82) is 0 Å². The lowest BCUT2D eigenvalue weighted by molar-refractivity contribution is -0.302. The first kappa shape index (κ1) is 19.2. The molecule has 1 aliphatic rings. The molecule has 2 rings (SSSR count). The van der Waals surface area contributed by atoms with Crippen LogP contribution in [0.15, 0.2) is 24.3 Å². The number of rotatable bonds is 7. The molecule has 23 heavy (non-hydrogen) atoms. The minimum Gasteiger partial charge on any atom is -0.626 e. The van der Waals surface area contributed by atoms with Crippen molar-refractivity contribution in [2.75, 3.05) is 24.8 Å². The Balaban J connectivity index is 2.23. The standard InChI is InChI=1S/C13H18Cl2FN2O4P/c14-5-7-18(8-6-15)23(20)17-13(21-19)9-12(22-23)10-1-3-11(16)4-2-10/h1-4,12-13,19H,5-9H2,(H,17,20)/t12-,13+,23?/m0/s1. The molecular weight excluding hydrogens is 369 g/mol. The summed E-state index contributed by atoms with van der Waals surface area (Å²) in [7, 11) is -3.53. The third kappa shape index (κ3) is 4.95. The summed E-state index contributed by atoms with van der Waals surface area (Å²) in [6, 6.07) is 5.65. The normalized spacial score (nSPS) is 28.3. The van der Waals surface area contributed by atoms with Crippen LogP contribution in [0.1, 0.15) is 18.1 Å². The second-order valence-corrected chi connectivity index (χ2v) is 7.79. The van der Waals surface area contributed by atoms with Crippen LogP contribution in [0.4, 0.5) is 4.39 Å². The zero-order chi connectivity index (χ0) is 16.9. The van der Waals surface area contributed by atoms with Gasteiger partial charge in [-0.2, -0.15) is 4.52 Å². The Morgan fingerprint density at radius 3 is 2.48 bits per heavy atom. The van der Waals surface area contributed by atoms with Crippen LogP contribution in [0, 0.1) is 5.82 Å². The molecule has 1 fully saturated rings. The largest absolute Gasteiger partial charge is 0.626 e. The molecule has 0 bridgehead atoms. The summed E-state index contributed by atoms with van der Waals surface area (Å²) in [6.45, 7) is 0.569. The molecule has 0 saturated carbocycles. The fraction of sp³-hybridized carbons (Fsp3) is 0.538. The zero-order valence-corrected chi connectivity index (χ0v) is 14.6. The number of hydrogen-bond donors (Lipinski definition) is 2. The maximum atomic E-state index is 13.1. The highest BCUT2D eigenvalue weighted by atomic mass is 35.5. The van der Waals surface area contributed by atoms with E-state index >= 15 is 0 Å². The average molecular weight is 387 g/mol. The summed E-state index contributed by atoms with van der Waals surface area (Å²) >= 11 is 11.5. The highest BCUT2D eigenvalue weighted by Gasteiger charge is 2.47. The Hall–Kier alpha value is -0.0800. The number of benzene rings is 1. The monoisotopic (exact) mass is 386 g/mol. The minimum atomic E-state index is -3.53. The lowest BCUT2D eigenvalue weighted by atomic mass is 10.1. The van der Waals surface area contributed by atoms with Gasteiger partial charge in [-0.1, -0.05) is 12.1 Å². The van der Waals surface area contributed by atoms with Crippen LogP contribution < -0.4 is 9.98 Å². The number of nitrogens with zero attached hydrogens (tertiary/aromatic N) is 1. The second kappa shape index (κ2) is 8.85. The third-order valence-corrected chi connectivity index (χ3v) is 6.07. The van der Waals surface area contributed by atoms with E-state index in [9.17, 15) is 9.28 Å². The summed E-state index contributed by atoms with van der Waals surface area (Å²) in [4.78, 5) is 17.5. The molecule has 1 aliphatic heterocycles. The van der Waals surface area contributed by atoms with Gasteiger partial charge in [-0.05, 0) is 17.7 Å². The molecule has 1 heterocycles. The van der Waals surface area contributed by atoms with Crippen LogP contribution in [0.3, 0.4) is 0 Å². The van der Waals surface area contributed by atoms with Gasteiger partial charge in [0.25, 0.3) is 8.02 Å². The van der Waals surface area contributed by atoms with Crippen molar-refractivity contribution in [3.63, 3.8) is 0 Å². The van der Waals surface area contributed by atoms with Gasteiger partial charge in [0, 0.05) is 18.2 Å². The van der Waals surface area contributed by atoms with Gasteiger partial charge in [-0.15, -0.1) is 33.0 Å². The molecule has 3 atom stereocenters. The SMILES string of the molecule is [O-][P+]1(N(CCCl)CCCl)N[C@H](OO)C[C@@H](c2ccc(F)cc2)O1. The van der Waals surface area contributed by atoms with Crippen molar-refractivity contribution in [2.45, 2.75) is 18.8 Å². The predicted molar refractivity (Wildman–Crippen MR) is 85.4 cm³/mol. The van der Waals surface area contributed by atoms with Gasteiger partial charge in [0.15, 0.2) is 6.23 Å². The fourth-order valence-electron chi connectivity index (χ4n) is 2.33. The molecule has 0 aliphatic carbocycles. The molecule has 0 aromatic heterocycles. The Morgan fingerprint density at radius 2 is 1.96 bits per heavy atom. The van der Waals surface area contributed by atoms with Crippen LogP contribution in [0.5, 0.6) is 0 Å². The molecule has 130 valence electrons. The lowest BCUT2D eigenvalue weighted by Crippen LogP contribution is -2.51. The van der Waals surface area contributed by atoms with Crippen molar-refractivity contribution in [1.82, 2.24) is 9.76 Å². The van der Waals surface area contributed by atoms with Crippen LogP contribution in [0.25, 0.3) is 0 Å². The van der Waals surface area contributed by atoms with E-state index in [1.807, 2.05) is 0 Å². The van der Waals surface area contributed by atoms with E-state index in [4.69, 9.17) is 33.0 Å². The molecule has 10 heteroatoms. The van der Waals surface area contributed by atoms with Gasteiger partial charge in [0.1, 0.15) is 11.9 Å². The van der Waals surface area contributed by atoms with E-state index in [0.29, 0.717) is 5.56 Å². The summed E-state index contributed by atoms with van der Waals surface area (Å²) < 4.78 is 20.3. The molecule has 6 nitrogen and oxygen atoms in total. The number of halogens is 3. The molecule has 1 unspecified atom stereocenters. The number of hydrogen-bond acceptors (Lipinski definition) is 6. The van der Waals surface area contributed by atoms with E-state index in [1.54, 1.807) is 0 Å². The van der Waals surface area contributed by atoms with Crippen molar-refractivity contribution in [2.24, 2.45) is 0 Å². The maximum Gasteiger partial charge on any atom is 0.253 e. The number of alkyl halides is 2. The van der Waals surface area contributed by atoms with Crippen molar-refractivity contribution >= 4 is 31.2 Å². The minimum absolute atomic E-state index is 0.210. The molecule has 1 aromatic carbocycles. The summed E-state index contributed by atoms with van der Waals surface area (Å²) in [5.41, 5.74) is 0.631. The van der Waals surface area contributed by atoms with Gasteiger partial charge < -0.3 is 4.89 Å². The second-order valence-electron chi connectivity index (χ2n) is 4.96. The Morgan fingerprint density at radius 1 is 1.35 bits per heavy atom. The van der Waals surface area contributed by atoms with Crippen molar-refractivity contribution in [3.05, 3.63) is 35.6 Å². The Kier molecular flexibility index (Phi) is 7.41. The van der Waals surface area contributed by atoms with Gasteiger partial charge in [-0.25, -0.2) is 9.28 Å². The van der Waals surface area contributed by atoms with Crippen LogP contribution >= 0.6 is 31.2 Å². The molecule has 0 spiro atoms. The van der Waals surface area contributed by atoms with Gasteiger partial charge in [0.05, 0.1) is 13.1 Å². The zero-order valence-electron chi connectivity index (χ0n) is 12.2. The van der Waals surface area contributed by atoms with Gasteiger partial charge >= 0.3 is 0 Å². The Bertz CT molecular complexity index is 495.